The third-order valence-corrected chi connectivity index (χ3v) is 5.57. The monoisotopic (exact) mass is 323 g/mol. The Morgan fingerprint density at radius 3 is 2.10 bits per heavy atom. The second-order valence-corrected chi connectivity index (χ2v) is 8.34. The molecule has 1 aromatic carbocycles. The minimum Gasteiger partial charge on any atom is -0.308 e. The molecule has 0 fully saturated rings. The Bertz CT molecular complexity index is 553. The highest BCUT2D eigenvalue weighted by Crippen LogP contribution is 2.30. The maximum atomic E-state index is 12.7. The predicted molar refractivity (Wildman–Crippen MR) is 76.8 cm³/mol. The molecule has 0 aromatic heterocycles. The lowest BCUT2D eigenvalue weighted by molar-refractivity contribution is -0.140. The Balaban J connectivity index is 2.90. The average Bonchev–Trinajstić information content (AvgIpc) is 2.33. The van der Waals surface area contributed by atoms with Gasteiger partial charge in [-0.15, -0.1) is 0 Å². The Kier molecular flexibility index (Phi) is 5.44. The van der Waals surface area contributed by atoms with Gasteiger partial charge in [-0.1, -0.05) is 30.3 Å². The first-order chi connectivity index (χ1) is 9.42. The van der Waals surface area contributed by atoms with Gasteiger partial charge in [-0.25, -0.2) is 8.42 Å². The lowest BCUT2D eigenvalue weighted by Crippen LogP contribution is -2.43. The molecular weight excluding hydrogens is 303 g/mol. The molecule has 1 aromatic rings. The Morgan fingerprint density at radius 1 is 1.14 bits per heavy atom. The van der Waals surface area contributed by atoms with E-state index in [4.69, 9.17) is 0 Å². The van der Waals surface area contributed by atoms with E-state index in [0.717, 1.165) is 6.26 Å². The van der Waals surface area contributed by atoms with Crippen molar-refractivity contribution in [2.24, 2.45) is 0 Å². The summed E-state index contributed by atoms with van der Waals surface area (Å²) in [4.78, 5) is 0. The highest BCUT2D eigenvalue weighted by atomic mass is 32.2. The van der Waals surface area contributed by atoms with Gasteiger partial charge in [0, 0.05) is 18.8 Å². The van der Waals surface area contributed by atoms with Crippen molar-refractivity contribution in [2.75, 3.05) is 12.8 Å². The summed E-state index contributed by atoms with van der Waals surface area (Å²) in [7, 11) is -3.37. The van der Waals surface area contributed by atoms with Gasteiger partial charge in [0.15, 0.2) is 9.84 Å². The minimum atomic E-state index is -4.33. The number of alkyl halides is 3. The smallest absolute Gasteiger partial charge is 0.308 e. The van der Waals surface area contributed by atoms with Gasteiger partial charge < -0.3 is 5.32 Å². The van der Waals surface area contributed by atoms with Crippen LogP contribution in [0.25, 0.3) is 0 Å². The first kappa shape index (κ1) is 18.0. The van der Waals surface area contributed by atoms with Crippen molar-refractivity contribution in [1.29, 1.82) is 0 Å². The van der Waals surface area contributed by atoms with Crippen molar-refractivity contribution in [3.63, 3.8) is 0 Å². The Hall–Kier alpha value is -1.08. The molecule has 1 atom stereocenters. The summed E-state index contributed by atoms with van der Waals surface area (Å²) in [5, 5.41) is 2.74. The van der Waals surface area contributed by atoms with Crippen LogP contribution in [0.5, 0.6) is 0 Å². The van der Waals surface area contributed by atoms with Crippen molar-refractivity contribution in [2.45, 2.75) is 37.2 Å². The summed E-state index contributed by atoms with van der Waals surface area (Å²) in [6.07, 6.45) is -4.30. The van der Waals surface area contributed by atoms with Crippen molar-refractivity contribution in [3.8, 4) is 0 Å². The molecule has 3 nitrogen and oxygen atoms in total. The van der Waals surface area contributed by atoms with Gasteiger partial charge in [0.25, 0.3) is 0 Å². The summed E-state index contributed by atoms with van der Waals surface area (Å²) >= 11 is 0. The summed E-state index contributed by atoms with van der Waals surface area (Å²) in [5.74, 6) is 0. The van der Waals surface area contributed by atoms with Gasteiger partial charge in [-0.3, -0.25) is 0 Å². The van der Waals surface area contributed by atoms with Crippen LogP contribution in [-0.4, -0.2) is 32.1 Å². The van der Waals surface area contributed by atoms with E-state index in [1.807, 2.05) is 0 Å². The molecule has 0 radical (unpaired) electrons. The van der Waals surface area contributed by atoms with Crippen LogP contribution in [-0.2, 0) is 9.84 Å². The molecule has 0 bridgehead atoms. The average molecular weight is 323 g/mol. The molecule has 21 heavy (non-hydrogen) atoms. The standard InChI is InChI=1S/C14H20F3NO2S/c1-13(2,21(3,19)20)10-18-12(9-14(15,16)17)11-7-5-4-6-8-11/h4-8,12,18H,9-10H2,1-3H3. The summed E-state index contributed by atoms with van der Waals surface area (Å²) in [6.45, 7) is 2.93. The largest absolute Gasteiger partial charge is 0.390 e. The fourth-order valence-electron chi connectivity index (χ4n) is 1.72. The normalized spacial score (nSPS) is 15.0. The third kappa shape index (κ3) is 5.67. The SMILES string of the molecule is CC(C)(CNC(CC(F)(F)F)c1ccccc1)S(C)(=O)=O. The van der Waals surface area contributed by atoms with Crippen molar-refractivity contribution < 1.29 is 21.6 Å². The van der Waals surface area contributed by atoms with E-state index in [-0.39, 0.29) is 6.54 Å². The van der Waals surface area contributed by atoms with Gasteiger partial charge in [-0.2, -0.15) is 13.2 Å². The number of benzene rings is 1. The van der Waals surface area contributed by atoms with Crippen LogP contribution in [0.3, 0.4) is 0 Å². The third-order valence-electron chi connectivity index (χ3n) is 3.42. The molecule has 0 aliphatic heterocycles. The topological polar surface area (TPSA) is 46.2 Å². The van der Waals surface area contributed by atoms with E-state index in [1.165, 1.54) is 13.8 Å². The molecule has 0 saturated carbocycles. The highest BCUT2D eigenvalue weighted by molar-refractivity contribution is 7.92. The Labute approximate surface area is 123 Å². The molecule has 1 N–H and O–H groups in total. The zero-order chi connectivity index (χ0) is 16.3. The highest BCUT2D eigenvalue weighted by Gasteiger charge is 2.35. The predicted octanol–water partition coefficient (Wildman–Crippen LogP) is 3.09. The second-order valence-electron chi connectivity index (χ2n) is 5.70. The van der Waals surface area contributed by atoms with Crippen LogP contribution < -0.4 is 5.32 Å². The first-order valence-electron chi connectivity index (χ1n) is 6.47. The number of hydrogen-bond donors (Lipinski definition) is 1. The molecular formula is C14H20F3NO2S. The quantitative estimate of drug-likeness (QED) is 0.875. The van der Waals surface area contributed by atoms with Gasteiger partial charge in [-0.05, 0) is 19.4 Å². The molecule has 1 rings (SSSR count). The number of hydrogen-bond acceptors (Lipinski definition) is 3. The summed E-state index contributed by atoms with van der Waals surface area (Å²) in [5.41, 5.74) is 0.485. The van der Waals surface area contributed by atoms with Crippen LogP contribution in [0.15, 0.2) is 30.3 Å². The van der Waals surface area contributed by atoms with Gasteiger partial charge in [0.2, 0.25) is 0 Å². The van der Waals surface area contributed by atoms with Crippen LogP contribution in [0.4, 0.5) is 13.2 Å². The van der Waals surface area contributed by atoms with Crippen LogP contribution in [0, 0.1) is 0 Å². The molecule has 120 valence electrons. The van der Waals surface area contributed by atoms with Gasteiger partial charge in [0.05, 0.1) is 11.2 Å². The second kappa shape index (κ2) is 6.36. The van der Waals surface area contributed by atoms with Gasteiger partial charge in [0.1, 0.15) is 0 Å². The lowest BCUT2D eigenvalue weighted by atomic mass is 10.0. The number of nitrogens with one attached hydrogen (secondary N) is 1. The van der Waals surface area contributed by atoms with Crippen molar-refractivity contribution in [1.82, 2.24) is 5.32 Å². The zero-order valence-corrected chi connectivity index (χ0v) is 13.1. The molecule has 1 unspecified atom stereocenters. The maximum Gasteiger partial charge on any atom is 0.390 e. The summed E-state index contributed by atoms with van der Waals surface area (Å²) in [6, 6.07) is 7.25. The molecule has 0 saturated heterocycles. The molecule has 7 heteroatoms. The first-order valence-corrected chi connectivity index (χ1v) is 8.36. The molecule has 0 amide bonds. The van der Waals surface area contributed by atoms with E-state index >= 15 is 0 Å². The fourth-order valence-corrected chi connectivity index (χ4v) is 2.07. The van der Waals surface area contributed by atoms with Crippen LogP contribution >= 0.6 is 0 Å². The molecule has 0 aliphatic carbocycles. The van der Waals surface area contributed by atoms with Crippen molar-refractivity contribution >= 4 is 9.84 Å². The van der Waals surface area contributed by atoms with Crippen LogP contribution in [0.1, 0.15) is 31.9 Å². The lowest BCUT2D eigenvalue weighted by Gasteiger charge is -2.27. The molecule has 0 heterocycles. The van der Waals surface area contributed by atoms with Gasteiger partial charge >= 0.3 is 6.18 Å². The number of halogens is 3. The van der Waals surface area contributed by atoms with E-state index in [2.05, 4.69) is 5.32 Å². The van der Waals surface area contributed by atoms with E-state index < -0.39 is 33.2 Å². The Morgan fingerprint density at radius 2 is 1.67 bits per heavy atom. The van der Waals surface area contributed by atoms with E-state index in [9.17, 15) is 21.6 Å². The zero-order valence-electron chi connectivity index (χ0n) is 12.2. The summed E-state index contributed by atoms with van der Waals surface area (Å²) < 4.78 is 60.2. The van der Waals surface area contributed by atoms with E-state index in [0.29, 0.717) is 5.56 Å². The molecule has 0 aliphatic rings. The van der Waals surface area contributed by atoms with E-state index in [1.54, 1.807) is 30.3 Å². The van der Waals surface area contributed by atoms with Crippen LogP contribution in [0.2, 0.25) is 0 Å². The number of rotatable bonds is 6. The molecule has 0 spiro atoms. The maximum absolute atomic E-state index is 12.7. The number of sulfone groups is 1. The van der Waals surface area contributed by atoms with Crippen molar-refractivity contribution in [3.05, 3.63) is 35.9 Å². The minimum absolute atomic E-state index is 0.0541. The fraction of sp³-hybridized carbons (Fsp3) is 0.571.